The largest absolute Gasteiger partial charge is 0.371 e. The molecule has 192 valence electrons. The highest BCUT2D eigenvalue weighted by atomic mass is 31.1. The number of allylic oxidation sites excluding steroid dienone is 4. The van der Waals surface area contributed by atoms with Crippen molar-refractivity contribution in [3.63, 3.8) is 0 Å². The van der Waals surface area contributed by atoms with Crippen LogP contribution in [0.1, 0.15) is 17.5 Å². The van der Waals surface area contributed by atoms with Gasteiger partial charge in [-0.25, -0.2) is 0 Å². The fourth-order valence-corrected chi connectivity index (χ4v) is 7.30. The second kappa shape index (κ2) is 14.0. The van der Waals surface area contributed by atoms with Gasteiger partial charge in [-0.15, -0.1) is 0 Å². The van der Waals surface area contributed by atoms with Crippen LogP contribution in [-0.4, -0.2) is 18.4 Å². The van der Waals surface area contributed by atoms with Crippen LogP contribution in [0.2, 0.25) is 0 Å². The summed E-state index contributed by atoms with van der Waals surface area (Å²) in [5.74, 6) is 0.360. The van der Waals surface area contributed by atoms with Crippen LogP contribution in [0.3, 0.4) is 0 Å². The van der Waals surface area contributed by atoms with Crippen molar-refractivity contribution in [3.8, 4) is 0 Å². The molecular weight excluding hydrogens is 483 g/mol. The molecule has 5 rings (SSSR count). The summed E-state index contributed by atoms with van der Waals surface area (Å²) in [5.41, 5.74) is 2.37. The van der Waals surface area contributed by atoms with Crippen molar-refractivity contribution in [3.05, 3.63) is 157 Å². The van der Waals surface area contributed by atoms with Gasteiger partial charge in [0.15, 0.2) is 0 Å². The molecular formula is C35H35O2P. The van der Waals surface area contributed by atoms with E-state index in [-0.39, 0.29) is 12.2 Å². The van der Waals surface area contributed by atoms with E-state index in [1.165, 1.54) is 21.7 Å². The van der Waals surface area contributed by atoms with Gasteiger partial charge in [0.05, 0.1) is 25.4 Å². The minimum Gasteiger partial charge on any atom is -0.371 e. The number of hydrogen-bond acceptors (Lipinski definition) is 2. The van der Waals surface area contributed by atoms with Gasteiger partial charge >= 0.3 is 0 Å². The molecule has 0 saturated carbocycles. The van der Waals surface area contributed by atoms with Gasteiger partial charge < -0.3 is 9.47 Å². The van der Waals surface area contributed by atoms with Crippen molar-refractivity contribution in [1.82, 2.24) is 0 Å². The Hall–Kier alpha value is -3.29. The molecule has 0 N–H and O–H groups in total. The van der Waals surface area contributed by atoms with Crippen LogP contribution in [-0.2, 0) is 22.7 Å². The van der Waals surface area contributed by atoms with Crippen LogP contribution in [0.25, 0.3) is 0 Å². The predicted octanol–water partition coefficient (Wildman–Crippen LogP) is 7.42. The van der Waals surface area contributed by atoms with Crippen molar-refractivity contribution in [2.24, 2.45) is 5.92 Å². The Morgan fingerprint density at radius 2 is 0.947 bits per heavy atom. The lowest BCUT2D eigenvalue weighted by molar-refractivity contribution is -0.0807. The van der Waals surface area contributed by atoms with Crippen LogP contribution >= 0.6 is 7.92 Å². The molecule has 38 heavy (non-hydrogen) atoms. The molecule has 4 aromatic carbocycles. The second-order valence-electron chi connectivity index (χ2n) is 9.62. The first-order valence-electron chi connectivity index (χ1n) is 13.4. The van der Waals surface area contributed by atoms with E-state index in [0.29, 0.717) is 19.1 Å². The number of benzene rings is 4. The zero-order valence-electron chi connectivity index (χ0n) is 21.7. The Morgan fingerprint density at radius 1 is 0.526 bits per heavy atom. The maximum Gasteiger partial charge on any atom is 0.0886 e. The van der Waals surface area contributed by atoms with Crippen molar-refractivity contribution < 1.29 is 9.47 Å². The van der Waals surface area contributed by atoms with Crippen LogP contribution < -0.4 is 10.6 Å². The van der Waals surface area contributed by atoms with E-state index in [0.717, 1.165) is 12.6 Å². The van der Waals surface area contributed by atoms with Crippen molar-refractivity contribution in [2.75, 3.05) is 6.16 Å². The third kappa shape index (κ3) is 7.62. The van der Waals surface area contributed by atoms with Gasteiger partial charge in [-0.1, -0.05) is 146 Å². The lowest BCUT2D eigenvalue weighted by Gasteiger charge is -2.32. The average Bonchev–Trinajstić information content (AvgIpc) is 3.51. The highest BCUT2D eigenvalue weighted by Gasteiger charge is 2.30. The highest BCUT2D eigenvalue weighted by Crippen LogP contribution is 2.37. The van der Waals surface area contributed by atoms with E-state index < -0.39 is 7.92 Å². The molecule has 3 heteroatoms. The maximum atomic E-state index is 6.81. The summed E-state index contributed by atoms with van der Waals surface area (Å²) >= 11 is 0. The lowest BCUT2D eigenvalue weighted by Crippen LogP contribution is -2.37. The van der Waals surface area contributed by atoms with E-state index in [1.54, 1.807) is 0 Å². The van der Waals surface area contributed by atoms with Gasteiger partial charge in [0, 0.05) is 6.16 Å². The zero-order valence-corrected chi connectivity index (χ0v) is 22.6. The molecule has 2 atom stereocenters. The quantitative estimate of drug-likeness (QED) is 0.172. The highest BCUT2D eigenvalue weighted by molar-refractivity contribution is 7.73. The Morgan fingerprint density at radius 3 is 1.42 bits per heavy atom. The predicted molar refractivity (Wildman–Crippen MR) is 160 cm³/mol. The lowest BCUT2D eigenvalue weighted by atomic mass is 10.00. The molecule has 2 nitrogen and oxygen atoms in total. The maximum absolute atomic E-state index is 6.81. The monoisotopic (exact) mass is 518 g/mol. The van der Waals surface area contributed by atoms with Gasteiger partial charge in [-0.05, 0) is 42.0 Å². The third-order valence-corrected chi connectivity index (χ3v) is 9.43. The van der Waals surface area contributed by atoms with Gasteiger partial charge in [-0.3, -0.25) is 0 Å². The fourth-order valence-electron chi connectivity index (χ4n) is 4.82. The fraction of sp³-hybridized carbons (Fsp3) is 0.200. The summed E-state index contributed by atoms with van der Waals surface area (Å²) in [5, 5.41) is 2.73. The summed E-state index contributed by atoms with van der Waals surface area (Å²) in [6, 6.07) is 42.7. The minimum atomic E-state index is -0.627. The molecule has 0 aromatic heterocycles. The zero-order chi connectivity index (χ0) is 25.8. The van der Waals surface area contributed by atoms with Gasteiger partial charge in [0.1, 0.15) is 0 Å². The van der Waals surface area contributed by atoms with Crippen molar-refractivity contribution >= 4 is 18.5 Å². The normalized spacial score (nSPS) is 14.7. The van der Waals surface area contributed by atoms with Crippen LogP contribution in [0.5, 0.6) is 0 Å². The van der Waals surface area contributed by atoms with Gasteiger partial charge in [0.2, 0.25) is 0 Å². The molecule has 0 aliphatic heterocycles. The summed E-state index contributed by atoms with van der Waals surface area (Å²) in [6.07, 6.45) is 10.5. The SMILES string of the molecule is C1=CC(C[C@H](OCc2ccccc2)[C@H](CP(c2ccccc2)c2ccccc2)OCc2ccccc2)C=C1. The molecule has 0 amide bonds. The molecule has 0 fully saturated rings. The molecule has 4 aromatic rings. The standard InChI is InChI=1S/C35H35O2P/c1-5-17-30(18-6-1)26-36-34(25-29-15-13-14-16-29)35(37-27-31-19-7-2-8-20-31)28-38(32-21-9-3-10-22-32)33-23-11-4-12-24-33/h1-24,29,34-35H,25-28H2/t34-,35-/m0/s1. The topological polar surface area (TPSA) is 18.5 Å². The Labute approximate surface area is 228 Å². The number of hydrogen-bond donors (Lipinski definition) is 0. The first kappa shape index (κ1) is 26.3. The summed E-state index contributed by atoms with van der Waals surface area (Å²) in [6.45, 7) is 1.14. The number of rotatable bonds is 13. The molecule has 0 heterocycles. The average molecular weight is 519 g/mol. The van der Waals surface area contributed by atoms with Crippen molar-refractivity contribution in [2.45, 2.75) is 31.8 Å². The second-order valence-corrected chi connectivity index (χ2v) is 11.9. The van der Waals surface area contributed by atoms with E-state index in [9.17, 15) is 0 Å². The van der Waals surface area contributed by atoms with Crippen LogP contribution in [0.4, 0.5) is 0 Å². The molecule has 0 bridgehead atoms. The van der Waals surface area contributed by atoms with Crippen LogP contribution in [0.15, 0.2) is 146 Å². The molecule has 1 aliphatic carbocycles. The Bertz CT molecular complexity index is 1220. The molecule has 0 spiro atoms. The first-order valence-corrected chi connectivity index (χ1v) is 14.9. The minimum absolute atomic E-state index is 0.0475. The van der Waals surface area contributed by atoms with E-state index in [1.807, 2.05) is 6.07 Å². The number of ether oxygens (including phenoxy) is 2. The van der Waals surface area contributed by atoms with E-state index in [4.69, 9.17) is 9.47 Å². The smallest absolute Gasteiger partial charge is 0.0886 e. The van der Waals surface area contributed by atoms with Gasteiger partial charge in [-0.2, -0.15) is 0 Å². The van der Waals surface area contributed by atoms with Crippen LogP contribution in [0, 0.1) is 5.92 Å². The van der Waals surface area contributed by atoms with Crippen molar-refractivity contribution in [1.29, 1.82) is 0 Å². The molecule has 0 saturated heterocycles. The van der Waals surface area contributed by atoms with Gasteiger partial charge in [0.25, 0.3) is 0 Å². The summed E-state index contributed by atoms with van der Waals surface area (Å²) < 4.78 is 13.5. The molecule has 1 aliphatic rings. The first-order chi connectivity index (χ1) is 18.8. The third-order valence-electron chi connectivity index (χ3n) is 6.86. The summed E-state index contributed by atoms with van der Waals surface area (Å²) in [4.78, 5) is 0. The molecule has 0 unspecified atom stereocenters. The van der Waals surface area contributed by atoms with E-state index >= 15 is 0 Å². The summed E-state index contributed by atoms with van der Waals surface area (Å²) in [7, 11) is -0.627. The Kier molecular flexibility index (Phi) is 9.72. The Balaban J connectivity index is 1.45. The van der Waals surface area contributed by atoms with E-state index in [2.05, 4.69) is 140 Å². The molecule has 0 radical (unpaired) electrons.